The number of nitrogens with zero attached hydrogens (tertiary/aromatic N) is 2. The lowest BCUT2D eigenvalue weighted by Gasteiger charge is -2.29. The molecule has 3 rings (SSSR count). The number of nitrogens with two attached hydrogens (primary N) is 1. The number of nitrogens with one attached hydrogen (secondary N) is 1. The normalized spacial score (nSPS) is 42.7. The average molecular weight is 322 g/mol. The molecular weight excluding hydrogens is 295 g/mol. The second kappa shape index (κ2) is 6.37. The Morgan fingerprint density at radius 1 is 1.39 bits per heavy atom. The lowest BCUT2D eigenvalue weighted by molar-refractivity contribution is -0.130. The number of halogens is 1. The second-order valence-corrected chi connectivity index (χ2v) is 7.94. The van der Waals surface area contributed by atoms with Crippen molar-refractivity contribution in [2.24, 2.45) is 23.5 Å². The number of fused-ring (bicyclic) bond motifs is 1. The minimum absolute atomic E-state index is 0.0262. The first kappa shape index (κ1) is 16.7. The summed E-state index contributed by atoms with van der Waals surface area (Å²) in [6.45, 7) is 3.21. The quantitative estimate of drug-likeness (QED) is 0.814. The Morgan fingerprint density at radius 2 is 2.04 bits per heavy atom. The van der Waals surface area contributed by atoms with E-state index in [4.69, 9.17) is 11.0 Å². The van der Waals surface area contributed by atoms with Gasteiger partial charge in [0.1, 0.15) is 12.2 Å². The average Bonchev–Trinajstić information content (AvgIpc) is 3.15. The molecule has 23 heavy (non-hydrogen) atoms. The molecule has 1 heterocycles. The summed E-state index contributed by atoms with van der Waals surface area (Å²) in [4.78, 5) is 13.7. The molecular formula is C17H27FN4O. The van der Waals surface area contributed by atoms with Gasteiger partial charge < -0.3 is 16.0 Å². The minimum Gasteiger partial charge on any atom is -0.330 e. The highest BCUT2D eigenvalue weighted by molar-refractivity contribution is 5.79. The topological polar surface area (TPSA) is 82.2 Å². The van der Waals surface area contributed by atoms with E-state index in [1.165, 1.54) is 17.7 Å². The first-order valence-corrected chi connectivity index (χ1v) is 8.72. The van der Waals surface area contributed by atoms with Crippen molar-refractivity contribution in [3.63, 3.8) is 0 Å². The van der Waals surface area contributed by atoms with Crippen LogP contribution >= 0.6 is 0 Å². The van der Waals surface area contributed by atoms with E-state index in [-0.39, 0.29) is 31.0 Å². The number of hydrogen-bond donors (Lipinski definition) is 2. The molecule has 1 amide bonds. The first-order valence-electron chi connectivity index (χ1n) is 8.72. The van der Waals surface area contributed by atoms with Crippen LogP contribution in [-0.4, -0.2) is 48.2 Å². The van der Waals surface area contributed by atoms with Gasteiger partial charge in [-0.3, -0.25) is 4.79 Å². The molecule has 2 aliphatic carbocycles. The molecule has 2 unspecified atom stereocenters. The molecule has 6 heteroatoms. The summed E-state index contributed by atoms with van der Waals surface area (Å²) >= 11 is 0. The maximum absolute atomic E-state index is 13.4. The van der Waals surface area contributed by atoms with Gasteiger partial charge in [-0.15, -0.1) is 0 Å². The number of carbonyl (C=O) groups excluding carboxylic acids is 1. The van der Waals surface area contributed by atoms with Gasteiger partial charge in [0.15, 0.2) is 0 Å². The largest absolute Gasteiger partial charge is 0.330 e. The second-order valence-electron chi connectivity index (χ2n) is 7.94. The van der Waals surface area contributed by atoms with Crippen LogP contribution in [0.15, 0.2) is 0 Å². The summed E-state index contributed by atoms with van der Waals surface area (Å²) in [6.07, 6.45) is 3.64. The molecule has 0 spiro atoms. The molecule has 3 N–H and O–H groups in total. The third kappa shape index (κ3) is 3.36. The van der Waals surface area contributed by atoms with Crippen LogP contribution in [0.2, 0.25) is 0 Å². The third-order valence-electron chi connectivity index (χ3n) is 6.08. The highest BCUT2D eigenvalue weighted by Crippen LogP contribution is 2.50. The molecule has 3 fully saturated rings. The van der Waals surface area contributed by atoms with E-state index >= 15 is 0 Å². The van der Waals surface area contributed by atoms with Crippen LogP contribution in [0.5, 0.6) is 0 Å². The molecule has 1 aliphatic heterocycles. The fraction of sp³-hybridized carbons (Fsp3) is 0.882. The standard InChI is InChI=1S/C17H27FN4O/c1-17(5-12-2-11(7-19)3-13(12)6-17)21-9-16(23)22-10-14(18)4-15(22)8-20/h11-15,21H,2-7,9-10,19H2,1H3/t11?,12-,13+,14-,15-,17?/m0/s1. The smallest absolute Gasteiger partial charge is 0.237 e. The van der Waals surface area contributed by atoms with Crippen LogP contribution in [0, 0.1) is 29.1 Å². The molecule has 2 saturated carbocycles. The van der Waals surface area contributed by atoms with Crippen molar-refractivity contribution in [3.05, 3.63) is 0 Å². The molecule has 6 atom stereocenters. The summed E-state index contributed by atoms with van der Waals surface area (Å²) in [7, 11) is 0. The highest BCUT2D eigenvalue weighted by atomic mass is 19.1. The molecule has 0 aromatic carbocycles. The Kier molecular flexibility index (Phi) is 4.61. The summed E-state index contributed by atoms with van der Waals surface area (Å²) in [6, 6.07) is 1.42. The molecule has 1 saturated heterocycles. The summed E-state index contributed by atoms with van der Waals surface area (Å²) < 4.78 is 13.4. The minimum atomic E-state index is -1.07. The molecule has 5 nitrogen and oxygen atoms in total. The van der Waals surface area contributed by atoms with E-state index in [1.54, 1.807) is 0 Å². The van der Waals surface area contributed by atoms with E-state index in [2.05, 4.69) is 12.2 Å². The van der Waals surface area contributed by atoms with E-state index < -0.39 is 12.2 Å². The van der Waals surface area contributed by atoms with E-state index in [0.29, 0.717) is 17.8 Å². The van der Waals surface area contributed by atoms with Crippen molar-refractivity contribution in [2.45, 2.75) is 56.8 Å². The van der Waals surface area contributed by atoms with Gasteiger partial charge >= 0.3 is 0 Å². The van der Waals surface area contributed by atoms with Crippen LogP contribution in [0.25, 0.3) is 0 Å². The Hall–Kier alpha value is -1.19. The van der Waals surface area contributed by atoms with Crippen LogP contribution in [-0.2, 0) is 4.79 Å². The zero-order valence-corrected chi connectivity index (χ0v) is 13.8. The maximum atomic E-state index is 13.4. The Morgan fingerprint density at radius 3 is 2.61 bits per heavy atom. The van der Waals surface area contributed by atoms with Gasteiger partial charge in [0.2, 0.25) is 5.91 Å². The molecule has 0 aromatic rings. The predicted octanol–water partition coefficient (Wildman–Crippen LogP) is 1.19. The maximum Gasteiger partial charge on any atom is 0.237 e. The highest BCUT2D eigenvalue weighted by Gasteiger charge is 2.47. The number of alkyl halides is 1. The number of amides is 1. The van der Waals surface area contributed by atoms with Gasteiger partial charge in [-0.25, -0.2) is 4.39 Å². The monoisotopic (exact) mass is 322 g/mol. The molecule has 0 radical (unpaired) electrons. The Bertz CT molecular complexity index is 491. The zero-order valence-electron chi connectivity index (χ0n) is 13.8. The lowest BCUT2D eigenvalue weighted by atomic mass is 9.93. The van der Waals surface area contributed by atoms with Crippen LogP contribution in [0.4, 0.5) is 4.39 Å². The van der Waals surface area contributed by atoms with Gasteiger partial charge in [-0.2, -0.15) is 5.26 Å². The van der Waals surface area contributed by atoms with Gasteiger partial charge in [0.25, 0.3) is 0 Å². The molecule has 3 aliphatic rings. The number of likely N-dealkylation sites (tertiary alicyclic amines) is 1. The van der Waals surface area contributed by atoms with Crippen molar-refractivity contribution in [2.75, 3.05) is 19.6 Å². The van der Waals surface area contributed by atoms with Crippen molar-refractivity contribution in [1.29, 1.82) is 5.26 Å². The number of carbonyl (C=O) groups is 1. The SMILES string of the molecule is CC1(NCC(=O)N2C[C@@H](F)C[C@H]2C#N)C[C@H]2CC(CN)C[C@H]2C1. The van der Waals surface area contributed by atoms with Crippen molar-refractivity contribution in [3.8, 4) is 6.07 Å². The van der Waals surface area contributed by atoms with Gasteiger partial charge in [-0.1, -0.05) is 0 Å². The van der Waals surface area contributed by atoms with Crippen LogP contribution in [0.1, 0.15) is 39.0 Å². The predicted molar refractivity (Wildman–Crippen MR) is 85.0 cm³/mol. The lowest BCUT2D eigenvalue weighted by Crippen LogP contribution is -2.48. The van der Waals surface area contributed by atoms with Gasteiger partial charge in [0, 0.05) is 12.0 Å². The van der Waals surface area contributed by atoms with Crippen molar-refractivity contribution < 1.29 is 9.18 Å². The van der Waals surface area contributed by atoms with E-state index in [9.17, 15) is 9.18 Å². The fourth-order valence-electron chi connectivity index (χ4n) is 4.99. The van der Waals surface area contributed by atoms with Crippen molar-refractivity contribution in [1.82, 2.24) is 10.2 Å². The Labute approximate surface area is 137 Å². The summed E-state index contributed by atoms with van der Waals surface area (Å²) in [5.74, 6) is 1.93. The van der Waals surface area contributed by atoms with Crippen LogP contribution in [0.3, 0.4) is 0 Å². The van der Waals surface area contributed by atoms with Gasteiger partial charge in [0.05, 0.1) is 19.2 Å². The van der Waals surface area contributed by atoms with E-state index in [0.717, 1.165) is 19.4 Å². The summed E-state index contributed by atoms with van der Waals surface area (Å²) in [5, 5.41) is 12.5. The summed E-state index contributed by atoms with van der Waals surface area (Å²) in [5.41, 5.74) is 5.76. The van der Waals surface area contributed by atoms with Crippen LogP contribution < -0.4 is 11.1 Å². The molecule has 128 valence electrons. The fourth-order valence-corrected chi connectivity index (χ4v) is 4.99. The third-order valence-corrected chi connectivity index (χ3v) is 6.08. The number of nitriles is 1. The molecule has 0 aromatic heterocycles. The Balaban J connectivity index is 1.51. The van der Waals surface area contributed by atoms with Gasteiger partial charge in [-0.05, 0) is 56.9 Å². The number of hydrogen-bond acceptors (Lipinski definition) is 4. The number of rotatable bonds is 4. The van der Waals surface area contributed by atoms with Crippen molar-refractivity contribution >= 4 is 5.91 Å². The zero-order chi connectivity index (χ0) is 16.6. The molecule has 0 bridgehead atoms. The first-order chi connectivity index (χ1) is 10.9. The van der Waals surface area contributed by atoms with E-state index in [1.807, 2.05) is 6.07 Å².